The van der Waals surface area contributed by atoms with Crippen LogP contribution in [-0.2, 0) is 6.54 Å². The predicted octanol–water partition coefficient (Wildman–Crippen LogP) is 2.49. The van der Waals surface area contributed by atoms with Gasteiger partial charge in [0.2, 0.25) is 0 Å². The van der Waals surface area contributed by atoms with Crippen LogP contribution in [0.5, 0.6) is 5.75 Å². The Morgan fingerprint density at radius 3 is 2.81 bits per heavy atom. The van der Waals surface area contributed by atoms with Crippen LogP contribution < -0.4 is 10.1 Å². The summed E-state index contributed by atoms with van der Waals surface area (Å²) in [6.07, 6.45) is 5.94. The van der Waals surface area contributed by atoms with E-state index in [1.165, 1.54) is 0 Å². The highest BCUT2D eigenvalue weighted by atomic mass is 16.5. The summed E-state index contributed by atoms with van der Waals surface area (Å²) in [6.45, 7) is 1.48. The van der Waals surface area contributed by atoms with Gasteiger partial charge in [0.25, 0.3) is 5.91 Å². The van der Waals surface area contributed by atoms with Crippen molar-refractivity contribution in [1.29, 1.82) is 0 Å². The van der Waals surface area contributed by atoms with Gasteiger partial charge in [0.1, 0.15) is 11.4 Å². The van der Waals surface area contributed by atoms with E-state index in [1.54, 1.807) is 19.4 Å². The highest BCUT2D eigenvalue weighted by Gasteiger charge is 2.43. The lowest BCUT2D eigenvalue weighted by molar-refractivity contribution is 0.0937. The molecule has 7 heteroatoms. The summed E-state index contributed by atoms with van der Waals surface area (Å²) < 4.78 is 7.08. The van der Waals surface area contributed by atoms with Crippen LogP contribution in [-0.4, -0.2) is 39.5 Å². The molecule has 1 aliphatic rings. The number of methoxy groups -OCH3 is 1. The first kappa shape index (κ1) is 16.4. The largest absolute Gasteiger partial charge is 0.497 e. The zero-order valence-corrected chi connectivity index (χ0v) is 14.6. The first-order chi connectivity index (χ1) is 12.7. The summed E-state index contributed by atoms with van der Waals surface area (Å²) in [4.78, 5) is 12.4. The Bertz CT molecular complexity index is 879. The highest BCUT2D eigenvalue weighted by molar-refractivity contribution is 5.93. The number of hydrogen-bond acceptors (Lipinski definition) is 4. The number of rotatable bonds is 7. The monoisotopic (exact) mass is 351 g/mol. The molecule has 0 unspecified atom stereocenters. The smallest absolute Gasteiger partial charge is 0.269 e. The minimum Gasteiger partial charge on any atom is -0.497 e. The fourth-order valence-electron chi connectivity index (χ4n) is 3.02. The normalized spacial score (nSPS) is 14.8. The number of amides is 1. The van der Waals surface area contributed by atoms with Crippen LogP contribution >= 0.6 is 0 Å². The summed E-state index contributed by atoms with van der Waals surface area (Å²) in [5, 5.41) is 14.3. The SMILES string of the molecule is COc1ccc(-c2cc(C(=O)NCC3(Cn4cccn4)CC3)[nH]n2)cc1. The number of carbonyl (C=O) groups is 1. The molecule has 7 nitrogen and oxygen atoms in total. The zero-order valence-electron chi connectivity index (χ0n) is 14.6. The van der Waals surface area contributed by atoms with Crippen molar-refractivity contribution in [3.05, 3.63) is 54.5 Å². The van der Waals surface area contributed by atoms with Gasteiger partial charge in [-0.15, -0.1) is 0 Å². The molecule has 3 aromatic rings. The molecule has 0 saturated heterocycles. The average Bonchev–Trinajstić information content (AvgIpc) is 3.05. The van der Waals surface area contributed by atoms with Gasteiger partial charge in [-0.05, 0) is 49.2 Å². The first-order valence-electron chi connectivity index (χ1n) is 8.63. The Labute approximate surface area is 151 Å². The second kappa shape index (κ2) is 6.67. The number of H-pyrrole nitrogens is 1. The molecule has 0 bridgehead atoms. The van der Waals surface area contributed by atoms with Crippen molar-refractivity contribution in [3.8, 4) is 17.0 Å². The van der Waals surface area contributed by atoms with Crippen molar-refractivity contribution in [2.45, 2.75) is 19.4 Å². The molecule has 0 spiro atoms. The topological polar surface area (TPSA) is 84.8 Å². The number of aromatic amines is 1. The van der Waals surface area contributed by atoms with Gasteiger partial charge in [-0.3, -0.25) is 14.6 Å². The third kappa shape index (κ3) is 3.46. The van der Waals surface area contributed by atoms with E-state index in [0.717, 1.165) is 36.4 Å². The van der Waals surface area contributed by atoms with Crippen LogP contribution in [0, 0.1) is 5.41 Å². The second-order valence-corrected chi connectivity index (χ2v) is 6.78. The van der Waals surface area contributed by atoms with Gasteiger partial charge in [-0.2, -0.15) is 10.2 Å². The van der Waals surface area contributed by atoms with Crippen molar-refractivity contribution in [2.24, 2.45) is 5.41 Å². The molecule has 134 valence electrons. The second-order valence-electron chi connectivity index (χ2n) is 6.78. The van der Waals surface area contributed by atoms with Crippen LogP contribution in [0.4, 0.5) is 0 Å². The maximum Gasteiger partial charge on any atom is 0.269 e. The van der Waals surface area contributed by atoms with Crippen LogP contribution in [0.1, 0.15) is 23.3 Å². The van der Waals surface area contributed by atoms with E-state index in [-0.39, 0.29) is 11.3 Å². The minimum atomic E-state index is -0.135. The first-order valence-corrected chi connectivity index (χ1v) is 8.63. The van der Waals surface area contributed by atoms with Gasteiger partial charge in [-0.25, -0.2) is 0 Å². The number of benzene rings is 1. The molecule has 1 aromatic carbocycles. The van der Waals surface area contributed by atoms with E-state index in [1.807, 2.05) is 41.2 Å². The number of hydrogen-bond donors (Lipinski definition) is 2. The summed E-state index contributed by atoms with van der Waals surface area (Å²) in [5.74, 6) is 0.651. The summed E-state index contributed by atoms with van der Waals surface area (Å²) in [5.41, 5.74) is 2.25. The molecule has 2 heterocycles. The van der Waals surface area contributed by atoms with E-state index in [4.69, 9.17) is 4.74 Å². The van der Waals surface area contributed by atoms with Gasteiger partial charge in [0.05, 0.1) is 12.8 Å². The average molecular weight is 351 g/mol. The molecule has 4 rings (SSSR count). The van der Waals surface area contributed by atoms with Crippen LogP contribution in [0.3, 0.4) is 0 Å². The summed E-state index contributed by atoms with van der Waals surface area (Å²) in [6, 6.07) is 11.3. The Hall–Kier alpha value is -3.09. The fourth-order valence-corrected chi connectivity index (χ4v) is 3.02. The van der Waals surface area contributed by atoms with Gasteiger partial charge < -0.3 is 10.1 Å². The lowest BCUT2D eigenvalue weighted by Crippen LogP contribution is -2.32. The molecule has 2 N–H and O–H groups in total. The van der Waals surface area contributed by atoms with Crippen molar-refractivity contribution in [2.75, 3.05) is 13.7 Å². The molecule has 2 aromatic heterocycles. The zero-order chi connectivity index (χ0) is 18.0. The number of nitrogens with one attached hydrogen (secondary N) is 2. The van der Waals surface area contributed by atoms with Crippen LogP contribution in [0.25, 0.3) is 11.3 Å². The number of ether oxygens (including phenoxy) is 1. The minimum absolute atomic E-state index is 0.126. The van der Waals surface area contributed by atoms with E-state index in [2.05, 4.69) is 20.6 Å². The lowest BCUT2D eigenvalue weighted by Gasteiger charge is -2.15. The van der Waals surface area contributed by atoms with Crippen LogP contribution in [0.2, 0.25) is 0 Å². The standard InChI is InChI=1S/C19H21N5O2/c1-26-15-5-3-14(4-6-15)16-11-17(23-22-16)18(25)20-12-19(7-8-19)13-24-10-2-9-21-24/h2-6,9-11H,7-8,12-13H2,1H3,(H,20,25)(H,22,23). The molecular formula is C19H21N5O2. The molecule has 26 heavy (non-hydrogen) atoms. The molecular weight excluding hydrogens is 330 g/mol. The predicted molar refractivity (Wildman–Crippen MR) is 96.8 cm³/mol. The van der Waals surface area contributed by atoms with Crippen LogP contribution in [0.15, 0.2) is 48.8 Å². The van der Waals surface area contributed by atoms with E-state index in [9.17, 15) is 4.79 Å². The van der Waals surface area contributed by atoms with Gasteiger partial charge in [0.15, 0.2) is 0 Å². The fraction of sp³-hybridized carbons (Fsp3) is 0.316. The van der Waals surface area contributed by atoms with Gasteiger partial charge >= 0.3 is 0 Å². The van der Waals surface area contributed by atoms with E-state index >= 15 is 0 Å². The maximum atomic E-state index is 12.4. The molecule has 1 fully saturated rings. The lowest BCUT2D eigenvalue weighted by atomic mass is 10.1. The quantitative estimate of drug-likeness (QED) is 0.685. The number of carbonyl (C=O) groups excluding carboxylic acids is 1. The third-order valence-electron chi connectivity index (χ3n) is 4.85. The molecule has 1 amide bonds. The molecule has 0 radical (unpaired) electrons. The maximum absolute atomic E-state index is 12.4. The molecule has 0 aliphatic heterocycles. The summed E-state index contributed by atoms with van der Waals surface area (Å²) in [7, 11) is 1.63. The van der Waals surface area contributed by atoms with Crippen molar-refractivity contribution < 1.29 is 9.53 Å². The van der Waals surface area contributed by atoms with Gasteiger partial charge in [-0.1, -0.05) is 0 Å². The molecule has 1 aliphatic carbocycles. The summed E-state index contributed by atoms with van der Waals surface area (Å²) >= 11 is 0. The van der Waals surface area contributed by atoms with Crippen molar-refractivity contribution in [1.82, 2.24) is 25.3 Å². The van der Waals surface area contributed by atoms with Crippen molar-refractivity contribution >= 4 is 5.91 Å². The van der Waals surface area contributed by atoms with E-state index < -0.39 is 0 Å². The highest BCUT2D eigenvalue weighted by Crippen LogP contribution is 2.46. The molecule has 0 atom stereocenters. The van der Waals surface area contributed by atoms with Crippen molar-refractivity contribution in [3.63, 3.8) is 0 Å². The molecule has 1 saturated carbocycles. The Kier molecular flexibility index (Phi) is 4.20. The Morgan fingerprint density at radius 1 is 1.35 bits per heavy atom. The Morgan fingerprint density at radius 2 is 2.15 bits per heavy atom. The Balaban J connectivity index is 1.37. The van der Waals surface area contributed by atoms with Gasteiger partial charge in [0, 0.05) is 36.5 Å². The third-order valence-corrected chi connectivity index (χ3v) is 4.85. The van der Waals surface area contributed by atoms with E-state index in [0.29, 0.717) is 12.2 Å². The number of nitrogens with zero attached hydrogens (tertiary/aromatic N) is 3. The number of aromatic nitrogens is 4.